The minimum atomic E-state index is -0.231. The third-order valence-corrected chi connectivity index (χ3v) is 6.04. The number of carbonyl (C=O) groups excluding carboxylic acids is 2. The highest BCUT2D eigenvalue weighted by molar-refractivity contribution is 6.31. The number of halogens is 2. The van der Waals surface area contributed by atoms with Gasteiger partial charge in [-0.2, -0.15) is 0 Å². The molecule has 4 aromatic carbocycles. The Morgan fingerprint density at radius 3 is 2.11 bits per heavy atom. The molecule has 0 saturated heterocycles. The van der Waals surface area contributed by atoms with Crippen molar-refractivity contribution in [3.63, 3.8) is 0 Å². The zero-order valence-electron chi connectivity index (χ0n) is 19.1. The van der Waals surface area contributed by atoms with Gasteiger partial charge in [0.15, 0.2) is 0 Å². The first-order valence-electron chi connectivity index (χ1n) is 11.1. The molecule has 0 aliphatic rings. The molecule has 0 saturated carbocycles. The number of amides is 2. The molecule has 1 heterocycles. The maximum atomic E-state index is 12.6. The number of rotatable bonds is 5. The number of aromatic nitrogens is 2. The average molecular weight is 515 g/mol. The summed E-state index contributed by atoms with van der Waals surface area (Å²) in [7, 11) is 0. The number of benzene rings is 4. The molecule has 0 bridgehead atoms. The second-order valence-corrected chi connectivity index (χ2v) is 9.20. The Balaban J connectivity index is 1.30. The number of H-pyrrole nitrogens is 1. The van der Waals surface area contributed by atoms with E-state index in [1.54, 1.807) is 48.5 Å². The van der Waals surface area contributed by atoms with E-state index in [-0.39, 0.29) is 11.8 Å². The van der Waals surface area contributed by atoms with Gasteiger partial charge in [-0.1, -0.05) is 23.2 Å². The lowest BCUT2D eigenvalue weighted by Crippen LogP contribution is -2.12. The molecule has 5 aromatic rings. The van der Waals surface area contributed by atoms with E-state index in [4.69, 9.17) is 23.2 Å². The Kier molecular flexibility index (Phi) is 6.46. The summed E-state index contributed by atoms with van der Waals surface area (Å²) in [6.45, 7) is 1.89. The van der Waals surface area contributed by atoms with Crippen LogP contribution in [0, 0.1) is 6.92 Å². The molecule has 0 unspecified atom stereocenters. The van der Waals surface area contributed by atoms with Crippen LogP contribution in [0.4, 0.5) is 11.4 Å². The first-order chi connectivity index (χ1) is 17.3. The number of nitrogens with one attached hydrogen (secondary N) is 3. The fraction of sp³-hybridized carbons (Fsp3) is 0.0357. The molecule has 1 aromatic heterocycles. The lowest BCUT2D eigenvalue weighted by molar-refractivity contribution is 0.101. The standard InChI is InChI=1S/C28H20Cl2N4O2/c1-16-12-19(14-21(30)13-16)28(36)31-22-8-4-17(5-9-22)26-33-24-11-10-23(15-25(24)34-26)32-27(35)18-2-6-20(29)7-3-18/h2-15H,1H3,(H,31,36)(H,32,35)(H,33,34). The van der Waals surface area contributed by atoms with E-state index in [0.717, 1.165) is 22.2 Å². The van der Waals surface area contributed by atoms with Crippen LogP contribution >= 0.6 is 23.2 Å². The molecule has 6 nitrogen and oxygen atoms in total. The number of aryl methyl sites for hydroxylation is 1. The third kappa shape index (κ3) is 5.25. The highest BCUT2D eigenvalue weighted by atomic mass is 35.5. The third-order valence-electron chi connectivity index (χ3n) is 5.57. The minimum Gasteiger partial charge on any atom is -0.338 e. The summed E-state index contributed by atoms with van der Waals surface area (Å²) in [6, 6.07) is 24.8. The van der Waals surface area contributed by atoms with E-state index >= 15 is 0 Å². The van der Waals surface area contributed by atoms with Gasteiger partial charge in [-0.25, -0.2) is 4.98 Å². The van der Waals surface area contributed by atoms with Crippen molar-refractivity contribution < 1.29 is 9.59 Å². The molecule has 36 heavy (non-hydrogen) atoms. The number of aromatic amines is 1. The molecule has 0 aliphatic heterocycles. The normalized spacial score (nSPS) is 10.9. The molecule has 0 atom stereocenters. The van der Waals surface area contributed by atoms with Gasteiger partial charge in [0.2, 0.25) is 0 Å². The van der Waals surface area contributed by atoms with Gasteiger partial charge in [-0.15, -0.1) is 0 Å². The molecule has 0 spiro atoms. The van der Waals surface area contributed by atoms with Crippen LogP contribution in [-0.4, -0.2) is 21.8 Å². The van der Waals surface area contributed by atoms with Crippen LogP contribution in [0.3, 0.4) is 0 Å². The van der Waals surface area contributed by atoms with E-state index in [0.29, 0.717) is 38.4 Å². The van der Waals surface area contributed by atoms with Crippen molar-refractivity contribution in [1.82, 2.24) is 9.97 Å². The molecular formula is C28H20Cl2N4O2. The molecule has 2 amide bonds. The SMILES string of the molecule is Cc1cc(Cl)cc(C(=O)Nc2ccc(-c3nc4ccc(NC(=O)c5ccc(Cl)cc5)cc4[nH]3)cc2)c1. The van der Waals surface area contributed by atoms with Gasteiger partial charge < -0.3 is 15.6 Å². The van der Waals surface area contributed by atoms with Gasteiger partial charge in [0, 0.05) is 38.1 Å². The van der Waals surface area contributed by atoms with Crippen molar-refractivity contribution >= 4 is 57.4 Å². The number of hydrogen-bond donors (Lipinski definition) is 3. The van der Waals surface area contributed by atoms with E-state index in [2.05, 4.69) is 20.6 Å². The second kappa shape index (κ2) is 9.85. The lowest BCUT2D eigenvalue weighted by atomic mass is 10.1. The summed E-state index contributed by atoms with van der Waals surface area (Å²) in [4.78, 5) is 33.0. The zero-order valence-corrected chi connectivity index (χ0v) is 20.6. The second-order valence-electron chi connectivity index (χ2n) is 8.33. The number of imidazole rings is 1. The molecule has 3 N–H and O–H groups in total. The molecule has 0 aliphatic carbocycles. The van der Waals surface area contributed by atoms with Crippen LogP contribution < -0.4 is 10.6 Å². The van der Waals surface area contributed by atoms with Crippen LogP contribution in [-0.2, 0) is 0 Å². The van der Waals surface area contributed by atoms with Crippen LogP contribution in [0.15, 0.2) is 84.9 Å². The lowest BCUT2D eigenvalue weighted by Gasteiger charge is -2.07. The maximum absolute atomic E-state index is 12.6. The van der Waals surface area contributed by atoms with E-state index < -0.39 is 0 Å². The Morgan fingerprint density at radius 1 is 0.722 bits per heavy atom. The van der Waals surface area contributed by atoms with Crippen LogP contribution in [0.2, 0.25) is 10.0 Å². The molecular weight excluding hydrogens is 495 g/mol. The fourth-order valence-corrected chi connectivity index (χ4v) is 4.23. The first kappa shape index (κ1) is 23.6. The highest BCUT2D eigenvalue weighted by Gasteiger charge is 2.11. The number of anilines is 2. The average Bonchev–Trinajstić information content (AvgIpc) is 3.28. The summed E-state index contributed by atoms with van der Waals surface area (Å²) in [6.07, 6.45) is 0. The van der Waals surface area contributed by atoms with Gasteiger partial charge in [0.1, 0.15) is 5.82 Å². The predicted octanol–water partition coefficient (Wildman–Crippen LogP) is 7.35. The smallest absolute Gasteiger partial charge is 0.255 e. The van der Waals surface area contributed by atoms with Crippen molar-refractivity contribution in [3.8, 4) is 11.4 Å². The monoisotopic (exact) mass is 514 g/mol. The van der Waals surface area contributed by atoms with Crippen molar-refractivity contribution in [1.29, 1.82) is 0 Å². The zero-order chi connectivity index (χ0) is 25.2. The molecule has 8 heteroatoms. The predicted molar refractivity (Wildman–Crippen MR) is 145 cm³/mol. The number of nitrogens with zero attached hydrogens (tertiary/aromatic N) is 1. The van der Waals surface area contributed by atoms with Crippen molar-refractivity contribution in [2.75, 3.05) is 10.6 Å². The van der Waals surface area contributed by atoms with Gasteiger partial charge in [-0.05, 0) is 97.4 Å². The summed E-state index contributed by atoms with van der Waals surface area (Å²) in [5.41, 5.74) is 5.64. The summed E-state index contributed by atoms with van der Waals surface area (Å²) >= 11 is 12.0. The van der Waals surface area contributed by atoms with E-state index in [1.165, 1.54) is 0 Å². The van der Waals surface area contributed by atoms with Gasteiger partial charge in [0.25, 0.3) is 11.8 Å². The first-order valence-corrected chi connectivity index (χ1v) is 11.9. The van der Waals surface area contributed by atoms with Crippen LogP contribution in [0.5, 0.6) is 0 Å². The van der Waals surface area contributed by atoms with Gasteiger partial charge in [0.05, 0.1) is 11.0 Å². The molecule has 0 fully saturated rings. The summed E-state index contributed by atoms with van der Waals surface area (Å²) in [5, 5.41) is 6.87. The quantitative estimate of drug-likeness (QED) is 0.229. The number of carbonyl (C=O) groups is 2. The molecule has 5 rings (SSSR count). The van der Waals surface area contributed by atoms with Crippen LogP contribution in [0.25, 0.3) is 22.4 Å². The minimum absolute atomic E-state index is 0.226. The Labute approximate surface area is 217 Å². The van der Waals surface area contributed by atoms with E-state index in [1.807, 2.05) is 43.3 Å². The summed E-state index contributed by atoms with van der Waals surface area (Å²) < 4.78 is 0. The Morgan fingerprint density at radius 2 is 1.39 bits per heavy atom. The topological polar surface area (TPSA) is 86.9 Å². The van der Waals surface area contributed by atoms with Crippen molar-refractivity contribution in [2.45, 2.75) is 6.92 Å². The maximum Gasteiger partial charge on any atom is 0.255 e. The van der Waals surface area contributed by atoms with Crippen molar-refractivity contribution in [3.05, 3.63) is 112 Å². The van der Waals surface area contributed by atoms with Crippen molar-refractivity contribution in [2.24, 2.45) is 0 Å². The summed E-state index contributed by atoms with van der Waals surface area (Å²) in [5.74, 6) is 0.219. The van der Waals surface area contributed by atoms with Gasteiger partial charge >= 0.3 is 0 Å². The largest absolute Gasteiger partial charge is 0.338 e. The fourth-order valence-electron chi connectivity index (χ4n) is 3.81. The molecule has 0 radical (unpaired) electrons. The highest BCUT2D eigenvalue weighted by Crippen LogP contribution is 2.25. The number of hydrogen-bond acceptors (Lipinski definition) is 3. The Hall–Kier alpha value is -4.13. The Bertz CT molecular complexity index is 1570. The molecule has 178 valence electrons. The number of fused-ring (bicyclic) bond motifs is 1. The van der Waals surface area contributed by atoms with Crippen LogP contribution in [0.1, 0.15) is 26.3 Å². The van der Waals surface area contributed by atoms with E-state index in [9.17, 15) is 9.59 Å². The van der Waals surface area contributed by atoms with Gasteiger partial charge in [-0.3, -0.25) is 9.59 Å².